The lowest BCUT2D eigenvalue weighted by atomic mass is 9.84. The average molecular weight is 310 g/mol. The highest BCUT2D eigenvalue weighted by Gasteiger charge is 2.35. The summed E-state index contributed by atoms with van der Waals surface area (Å²) in [6.07, 6.45) is 0. The van der Waals surface area contributed by atoms with Crippen molar-refractivity contribution in [2.45, 2.75) is 12.8 Å². The van der Waals surface area contributed by atoms with Crippen LogP contribution in [0.15, 0.2) is 51.0 Å². The highest BCUT2D eigenvalue weighted by atomic mass is 16.5. The lowest BCUT2D eigenvalue weighted by molar-refractivity contribution is 0.367. The molecule has 1 aromatic carbocycles. The first-order valence-corrected chi connectivity index (χ1v) is 6.92. The summed E-state index contributed by atoms with van der Waals surface area (Å²) >= 11 is 0. The van der Waals surface area contributed by atoms with Gasteiger partial charge in [0, 0.05) is 11.6 Å². The van der Waals surface area contributed by atoms with Crippen LogP contribution in [0.5, 0.6) is 11.5 Å². The number of benzene rings is 1. The van der Waals surface area contributed by atoms with Crippen LogP contribution >= 0.6 is 0 Å². The van der Waals surface area contributed by atoms with Crippen molar-refractivity contribution in [2.24, 2.45) is 5.73 Å². The maximum Gasteiger partial charge on any atom is 0.343 e. The highest BCUT2D eigenvalue weighted by molar-refractivity contribution is 5.57. The van der Waals surface area contributed by atoms with Gasteiger partial charge in [-0.3, -0.25) is 0 Å². The molecule has 3 rings (SSSR count). The van der Waals surface area contributed by atoms with E-state index in [0.717, 1.165) is 0 Å². The molecular weight excluding hydrogens is 296 g/mol. The smallest absolute Gasteiger partial charge is 0.343 e. The van der Waals surface area contributed by atoms with Gasteiger partial charge >= 0.3 is 5.63 Å². The minimum absolute atomic E-state index is 0.0269. The van der Waals surface area contributed by atoms with E-state index in [0.29, 0.717) is 22.8 Å². The Bertz CT molecular complexity index is 906. The lowest BCUT2D eigenvalue weighted by Crippen LogP contribution is -2.26. The van der Waals surface area contributed by atoms with Crippen LogP contribution in [-0.4, -0.2) is 7.11 Å². The Morgan fingerprint density at radius 2 is 2.09 bits per heavy atom. The van der Waals surface area contributed by atoms with E-state index in [1.807, 2.05) is 6.07 Å². The number of hydrogen-bond acceptors (Lipinski definition) is 6. The van der Waals surface area contributed by atoms with E-state index >= 15 is 0 Å². The summed E-state index contributed by atoms with van der Waals surface area (Å²) in [6, 6.07) is 10.8. The van der Waals surface area contributed by atoms with Crippen molar-refractivity contribution in [3.8, 4) is 17.6 Å². The Morgan fingerprint density at radius 1 is 1.35 bits per heavy atom. The van der Waals surface area contributed by atoms with Crippen molar-refractivity contribution in [3.05, 3.63) is 69.1 Å². The molecule has 6 nitrogen and oxygen atoms in total. The molecule has 1 aliphatic rings. The van der Waals surface area contributed by atoms with E-state index in [1.54, 1.807) is 37.3 Å². The van der Waals surface area contributed by atoms with Gasteiger partial charge in [0.2, 0.25) is 5.88 Å². The standard InChI is InChI=1S/C17H14N2O4/c1-9-7-13-15(17(20)22-9)14(11(8-18)16(19)23-13)10-5-3-4-6-12(10)21-2/h3-7,14H,19H2,1-2H3. The van der Waals surface area contributed by atoms with Gasteiger partial charge in [-0.25, -0.2) is 4.79 Å². The number of aryl methyl sites for hydroxylation is 1. The fraction of sp³-hybridized carbons (Fsp3) is 0.176. The Morgan fingerprint density at radius 3 is 2.78 bits per heavy atom. The Balaban J connectivity index is 2.35. The molecule has 0 radical (unpaired) electrons. The molecule has 23 heavy (non-hydrogen) atoms. The zero-order valence-electron chi connectivity index (χ0n) is 12.6. The summed E-state index contributed by atoms with van der Waals surface area (Å²) in [6.45, 7) is 1.64. The average Bonchev–Trinajstić information content (AvgIpc) is 2.53. The van der Waals surface area contributed by atoms with Crippen LogP contribution in [0.1, 0.15) is 22.8 Å². The van der Waals surface area contributed by atoms with E-state index < -0.39 is 11.5 Å². The van der Waals surface area contributed by atoms with Crippen LogP contribution in [0, 0.1) is 18.3 Å². The van der Waals surface area contributed by atoms with Crippen molar-refractivity contribution in [2.75, 3.05) is 7.11 Å². The third kappa shape index (κ3) is 2.32. The quantitative estimate of drug-likeness (QED) is 0.912. The summed E-state index contributed by atoms with van der Waals surface area (Å²) in [4.78, 5) is 12.4. The fourth-order valence-corrected chi connectivity index (χ4v) is 2.73. The summed E-state index contributed by atoms with van der Waals surface area (Å²) < 4.78 is 16.0. The second-order valence-electron chi connectivity index (χ2n) is 5.09. The maximum absolute atomic E-state index is 12.4. The normalized spacial score (nSPS) is 16.3. The maximum atomic E-state index is 12.4. The summed E-state index contributed by atoms with van der Waals surface area (Å²) in [7, 11) is 1.52. The second-order valence-corrected chi connectivity index (χ2v) is 5.09. The van der Waals surface area contributed by atoms with Crippen molar-refractivity contribution in [3.63, 3.8) is 0 Å². The number of nitrogens with two attached hydrogens (primary N) is 1. The zero-order chi connectivity index (χ0) is 16.6. The third-order valence-corrected chi connectivity index (χ3v) is 3.71. The van der Waals surface area contributed by atoms with Crippen LogP contribution in [0.4, 0.5) is 0 Å². The minimum atomic E-state index is -0.697. The van der Waals surface area contributed by atoms with Gasteiger partial charge in [-0.2, -0.15) is 5.26 Å². The van der Waals surface area contributed by atoms with Gasteiger partial charge < -0.3 is 19.6 Å². The molecule has 116 valence electrons. The van der Waals surface area contributed by atoms with Crippen LogP contribution in [-0.2, 0) is 0 Å². The van der Waals surface area contributed by atoms with Crippen LogP contribution in [0.2, 0.25) is 0 Å². The number of hydrogen-bond donors (Lipinski definition) is 1. The van der Waals surface area contributed by atoms with Crippen molar-refractivity contribution in [1.29, 1.82) is 5.26 Å². The zero-order valence-corrected chi connectivity index (χ0v) is 12.6. The molecule has 1 unspecified atom stereocenters. The lowest BCUT2D eigenvalue weighted by Gasteiger charge is -2.26. The number of nitriles is 1. The Kier molecular flexibility index (Phi) is 3.54. The monoisotopic (exact) mass is 310 g/mol. The number of ether oxygens (including phenoxy) is 2. The first kappa shape index (κ1) is 14.7. The molecule has 0 aliphatic carbocycles. The Labute approximate surface area is 132 Å². The Hall–Kier alpha value is -3.20. The number of methoxy groups -OCH3 is 1. The van der Waals surface area contributed by atoms with Gasteiger partial charge in [-0.05, 0) is 13.0 Å². The molecule has 0 fully saturated rings. The van der Waals surface area contributed by atoms with Gasteiger partial charge in [0.25, 0.3) is 0 Å². The van der Waals surface area contributed by atoms with Crippen LogP contribution < -0.4 is 20.8 Å². The van der Waals surface area contributed by atoms with E-state index in [2.05, 4.69) is 0 Å². The molecule has 1 atom stereocenters. The third-order valence-electron chi connectivity index (χ3n) is 3.71. The molecule has 6 heteroatoms. The molecule has 0 amide bonds. The second kappa shape index (κ2) is 5.54. The molecule has 2 heterocycles. The summed E-state index contributed by atoms with van der Waals surface area (Å²) in [5, 5.41) is 9.49. The molecule has 1 aromatic heterocycles. The molecular formula is C17H14N2O4. The van der Waals surface area contributed by atoms with Crippen molar-refractivity contribution < 1.29 is 13.9 Å². The number of nitrogens with zero attached hydrogens (tertiary/aromatic N) is 1. The number of rotatable bonds is 2. The van der Waals surface area contributed by atoms with E-state index in [-0.39, 0.29) is 17.0 Å². The van der Waals surface area contributed by atoms with Gasteiger partial charge in [0.05, 0.1) is 18.6 Å². The highest BCUT2D eigenvalue weighted by Crippen LogP contribution is 2.43. The number of fused-ring (bicyclic) bond motifs is 1. The van der Waals surface area contributed by atoms with Gasteiger partial charge in [-0.15, -0.1) is 0 Å². The van der Waals surface area contributed by atoms with E-state index in [1.165, 1.54) is 7.11 Å². The molecule has 0 saturated carbocycles. The molecule has 1 aliphatic heterocycles. The predicted molar refractivity (Wildman–Crippen MR) is 82.0 cm³/mol. The van der Waals surface area contributed by atoms with Crippen LogP contribution in [0.25, 0.3) is 0 Å². The van der Waals surface area contributed by atoms with E-state index in [9.17, 15) is 10.1 Å². The minimum Gasteiger partial charge on any atom is -0.496 e. The summed E-state index contributed by atoms with van der Waals surface area (Å²) in [5.74, 6) is 0.524. The first-order valence-electron chi connectivity index (χ1n) is 6.92. The van der Waals surface area contributed by atoms with Crippen molar-refractivity contribution >= 4 is 0 Å². The predicted octanol–water partition coefficient (Wildman–Crippen LogP) is 2.17. The number of para-hydroxylation sites is 1. The van der Waals surface area contributed by atoms with Gasteiger partial charge in [0.1, 0.15) is 28.9 Å². The van der Waals surface area contributed by atoms with Gasteiger partial charge in [0.15, 0.2) is 0 Å². The number of allylic oxidation sites excluding steroid dienone is 1. The SMILES string of the molecule is COc1ccccc1C1C(C#N)=C(N)Oc2cc(C)oc(=O)c21. The molecule has 0 spiro atoms. The molecule has 2 aromatic rings. The fourth-order valence-electron chi connectivity index (χ4n) is 2.73. The first-order chi connectivity index (χ1) is 11.1. The van der Waals surface area contributed by atoms with Crippen LogP contribution in [0.3, 0.4) is 0 Å². The summed E-state index contributed by atoms with van der Waals surface area (Å²) in [5.41, 5.74) is 6.37. The van der Waals surface area contributed by atoms with Gasteiger partial charge in [-0.1, -0.05) is 18.2 Å². The largest absolute Gasteiger partial charge is 0.496 e. The van der Waals surface area contributed by atoms with Crippen molar-refractivity contribution in [1.82, 2.24) is 0 Å². The molecule has 2 N–H and O–H groups in total. The van der Waals surface area contributed by atoms with E-state index in [4.69, 9.17) is 19.6 Å². The molecule has 0 bridgehead atoms. The topological polar surface area (TPSA) is 98.5 Å². The molecule has 0 saturated heterocycles.